The van der Waals surface area contributed by atoms with Gasteiger partial charge in [0, 0.05) is 11.1 Å². The van der Waals surface area contributed by atoms with Crippen molar-refractivity contribution >= 4 is 12.4 Å². The molecule has 1 fully saturated rings. The van der Waals surface area contributed by atoms with Crippen LogP contribution in [-0.4, -0.2) is 58.8 Å². The molecule has 3 rings (SSSR count). The van der Waals surface area contributed by atoms with Crippen LogP contribution in [-0.2, 0) is 0 Å². The second-order valence-electron chi connectivity index (χ2n) is 5.51. The lowest BCUT2D eigenvalue weighted by Gasteiger charge is -2.31. The highest BCUT2D eigenvalue weighted by Gasteiger charge is 2.13. The summed E-state index contributed by atoms with van der Waals surface area (Å²) in [5, 5.41) is 32.2. The number of phenols is 2. The van der Waals surface area contributed by atoms with Gasteiger partial charge in [-0.15, -0.1) is 0 Å². The SMILES string of the molecule is Oc1ccccc1/C=N\N1CCN(/N=C/c2ccccc2O)CC1. The Labute approximate surface area is 141 Å². The number of piperazine rings is 1. The molecule has 1 aliphatic rings. The van der Waals surface area contributed by atoms with Crippen LogP contribution >= 0.6 is 0 Å². The fraction of sp³-hybridized carbons (Fsp3) is 0.222. The molecule has 0 bridgehead atoms. The minimum absolute atomic E-state index is 0.229. The van der Waals surface area contributed by atoms with E-state index in [0.29, 0.717) is 11.1 Å². The number of phenolic OH excluding ortho intramolecular Hbond substituents is 2. The summed E-state index contributed by atoms with van der Waals surface area (Å²) in [4.78, 5) is 0. The molecule has 0 aromatic heterocycles. The van der Waals surface area contributed by atoms with Crippen molar-refractivity contribution < 1.29 is 10.2 Å². The Kier molecular flexibility index (Phi) is 4.96. The summed E-state index contributed by atoms with van der Waals surface area (Å²) < 4.78 is 0. The van der Waals surface area contributed by atoms with Crippen LogP contribution in [0.25, 0.3) is 0 Å². The topological polar surface area (TPSA) is 71.7 Å². The van der Waals surface area contributed by atoms with Gasteiger partial charge in [-0.1, -0.05) is 24.3 Å². The molecule has 0 atom stereocenters. The van der Waals surface area contributed by atoms with E-state index in [1.165, 1.54) is 0 Å². The molecule has 1 aliphatic heterocycles. The van der Waals surface area contributed by atoms with Gasteiger partial charge in [0.1, 0.15) is 11.5 Å². The first-order valence-corrected chi connectivity index (χ1v) is 7.86. The van der Waals surface area contributed by atoms with E-state index >= 15 is 0 Å². The van der Waals surface area contributed by atoms with Crippen LogP contribution in [0.15, 0.2) is 58.7 Å². The fourth-order valence-corrected chi connectivity index (χ4v) is 2.40. The van der Waals surface area contributed by atoms with Gasteiger partial charge >= 0.3 is 0 Å². The van der Waals surface area contributed by atoms with Gasteiger partial charge in [0.15, 0.2) is 0 Å². The molecule has 24 heavy (non-hydrogen) atoms. The van der Waals surface area contributed by atoms with Gasteiger partial charge in [0.05, 0.1) is 38.6 Å². The van der Waals surface area contributed by atoms with Crippen LogP contribution in [0.1, 0.15) is 11.1 Å². The predicted molar refractivity (Wildman–Crippen MR) is 94.5 cm³/mol. The van der Waals surface area contributed by atoms with Crippen LogP contribution in [0.3, 0.4) is 0 Å². The number of rotatable bonds is 4. The maximum Gasteiger partial charge on any atom is 0.124 e. The van der Waals surface area contributed by atoms with Crippen LogP contribution in [0.2, 0.25) is 0 Å². The Morgan fingerprint density at radius 3 is 1.42 bits per heavy atom. The molecule has 6 heteroatoms. The third kappa shape index (κ3) is 4.04. The summed E-state index contributed by atoms with van der Waals surface area (Å²) >= 11 is 0. The number of aromatic hydroxyl groups is 2. The van der Waals surface area contributed by atoms with Crippen LogP contribution in [0.5, 0.6) is 11.5 Å². The molecule has 2 aromatic carbocycles. The highest BCUT2D eigenvalue weighted by atomic mass is 16.3. The van der Waals surface area contributed by atoms with Gasteiger partial charge in [0.25, 0.3) is 0 Å². The molecule has 2 aromatic rings. The third-order valence-electron chi connectivity index (χ3n) is 3.83. The zero-order valence-electron chi connectivity index (χ0n) is 13.3. The Morgan fingerprint density at radius 1 is 0.667 bits per heavy atom. The van der Waals surface area contributed by atoms with Crippen molar-refractivity contribution in [1.29, 1.82) is 0 Å². The molecule has 1 heterocycles. The summed E-state index contributed by atoms with van der Waals surface area (Å²) in [6.07, 6.45) is 3.35. The van der Waals surface area contributed by atoms with Crippen molar-refractivity contribution in [3.63, 3.8) is 0 Å². The average molecular weight is 324 g/mol. The van der Waals surface area contributed by atoms with E-state index in [-0.39, 0.29) is 11.5 Å². The first-order chi connectivity index (χ1) is 11.7. The summed E-state index contributed by atoms with van der Waals surface area (Å²) in [6.45, 7) is 3.01. The predicted octanol–water partition coefficient (Wildman–Crippen LogP) is 2.08. The van der Waals surface area contributed by atoms with Crippen molar-refractivity contribution in [2.24, 2.45) is 10.2 Å². The lowest BCUT2D eigenvalue weighted by molar-refractivity contribution is 0.141. The number of nitrogens with zero attached hydrogens (tertiary/aromatic N) is 4. The van der Waals surface area contributed by atoms with E-state index in [0.717, 1.165) is 26.2 Å². The summed E-state index contributed by atoms with van der Waals surface area (Å²) in [5.41, 5.74) is 1.41. The van der Waals surface area contributed by atoms with E-state index in [1.54, 1.807) is 36.7 Å². The van der Waals surface area contributed by atoms with E-state index in [2.05, 4.69) is 10.2 Å². The van der Waals surface area contributed by atoms with Crippen LogP contribution in [0.4, 0.5) is 0 Å². The molecule has 0 saturated carbocycles. The highest BCUT2D eigenvalue weighted by molar-refractivity contribution is 5.83. The molecular formula is C18H20N4O2. The largest absolute Gasteiger partial charge is 0.507 e. The van der Waals surface area contributed by atoms with Gasteiger partial charge in [0.2, 0.25) is 0 Å². The molecule has 2 N–H and O–H groups in total. The van der Waals surface area contributed by atoms with Gasteiger partial charge < -0.3 is 10.2 Å². The Morgan fingerprint density at radius 2 is 1.04 bits per heavy atom. The molecule has 1 saturated heterocycles. The summed E-state index contributed by atoms with van der Waals surface area (Å²) in [6, 6.07) is 14.2. The average Bonchev–Trinajstić information content (AvgIpc) is 2.61. The number of hydrazone groups is 2. The maximum atomic E-state index is 9.73. The molecule has 0 unspecified atom stereocenters. The van der Waals surface area contributed by atoms with Crippen LogP contribution < -0.4 is 0 Å². The van der Waals surface area contributed by atoms with Gasteiger partial charge in [-0.3, -0.25) is 10.0 Å². The minimum Gasteiger partial charge on any atom is -0.507 e. The standard InChI is InChI=1S/C18H20N4O2/c23-17-7-3-1-5-15(17)13-19-21-9-11-22(12-10-21)20-14-16-6-2-4-8-18(16)24/h1-8,13-14,23-24H,9-12H2/b19-13-,20-14+. The number of hydrogen-bond acceptors (Lipinski definition) is 6. The van der Waals surface area contributed by atoms with Gasteiger partial charge in [-0.05, 0) is 24.3 Å². The van der Waals surface area contributed by atoms with Crippen molar-refractivity contribution in [3.8, 4) is 11.5 Å². The van der Waals surface area contributed by atoms with Crippen LogP contribution in [0, 0.1) is 0 Å². The van der Waals surface area contributed by atoms with Crippen molar-refractivity contribution in [2.45, 2.75) is 0 Å². The van der Waals surface area contributed by atoms with Crippen molar-refractivity contribution in [3.05, 3.63) is 59.7 Å². The first-order valence-electron chi connectivity index (χ1n) is 7.86. The molecule has 0 amide bonds. The van der Waals surface area contributed by atoms with E-state index in [1.807, 2.05) is 34.3 Å². The molecule has 0 radical (unpaired) electrons. The second-order valence-corrected chi connectivity index (χ2v) is 5.51. The number of benzene rings is 2. The minimum atomic E-state index is 0.229. The molecule has 124 valence electrons. The number of para-hydroxylation sites is 2. The molecule has 0 aliphatic carbocycles. The second kappa shape index (κ2) is 7.50. The van der Waals surface area contributed by atoms with E-state index in [4.69, 9.17) is 0 Å². The molecular weight excluding hydrogens is 304 g/mol. The van der Waals surface area contributed by atoms with Gasteiger partial charge in [-0.25, -0.2) is 0 Å². The maximum absolute atomic E-state index is 9.73. The number of hydrogen-bond donors (Lipinski definition) is 2. The van der Waals surface area contributed by atoms with Crippen molar-refractivity contribution in [2.75, 3.05) is 26.2 Å². The molecule has 6 nitrogen and oxygen atoms in total. The monoisotopic (exact) mass is 324 g/mol. The zero-order chi connectivity index (χ0) is 16.8. The lowest BCUT2D eigenvalue weighted by atomic mass is 10.2. The summed E-state index contributed by atoms with van der Waals surface area (Å²) in [7, 11) is 0. The highest BCUT2D eigenvalue weighted by Crippen LogP contribution is 2.14. The van der Waals surface area contributed by atoms with E-state index < -0.39 is 0 Å². The van der Waals surface area contributed by atoms with E-state index in [9.17, 15) is 10.2 Å². The lowest BCUT2D eigenvalue weighted by Crippen LogP contribution is -2.41. The third-order valence-corrected chi connectivity index (χ3v) is 3.83. The Balaban J connectivity index is 1.53. The quantitative estimate of drug-likeness (QED) is 0.845. The Hall–Kier alpha value is -3.02. The van der Waals surface area contributed by atoms with Gasteiger partial charge in [-0.2, -0.15) is 10.2 Å². The Bertz CT molecular complexity index is 674. The first kappa shape index (κ1) is 15.9. The summed E-state index contributed by atoms with van der Waals surface area (Å²) in [5.74, 6) is 0.458. The zero-order valence-corrected chi connectivity index (χ0v) is 13.3. The molecule has 0 spiro atoms. The fourth-order valence-electron chi connectivity index (χ4n) is 2.40. The normalized spacial score (nSPS) is 15.5. The smallest absolute Gasteiger partial charge is 0.124 e. The van der Waals surface area contributed by atoms with Crippen molar-refractivity contribution in [1.82, 2.24) is 10.0 Å².